The fraction of sp³-hybridized carbons (Fsp3) is 0.632. The summed E-state index contributed by atoms with van der Waals surface area (Å²) in [6, 6.07) is 6.06. The van der Waals surface area contributed by atoms with Crippen molar-refractivity contribution in [1.82, 2.24) is 14.9 Å². The minimum Gasteiger partial charge on any atom is -0.484 e. The zero-order valence-electron chi connectivity index (χ0n) is 16.5. The van der Waals surface area contributed by atoms with Gasteiger partial charge in [0.05, 0.1) is 18.1 Å². The van der Waals surface area contributed by atoms with Gasteiger partial charge in [-0.05, 0) is 43.7 Å². The molecule has 0 saturated carbocycles. The Morgan fingerprint density at radius 3 is 2.54 bits per heavy atom. The molecule has 8 nitrogen and oxygen atoms in total. The van der Waals surface area contributed by atoms with E-state index >= 15 is 0 Å². The maximum atomic E-state index is 12.1. The van der Waals surface area contributed by atoms with Crippen LogP contribution in [-0.4, -0.2) is 71.8 Å². The summed E-state index contributed by atoms with van der Waals surface area (Å²) in [4.78, 5) is 14.4. The van der Waals surface area contributed by atoms with Gasteiger partial charge in [0, 0.05) is 26.2 Å². The van der Waals surface area contributed by atoms with Crippen molar-refractivity contribution in [3.8, 4) is 5.75 Å². The number of morpholine rings is 1. The number of hydrogen-bond acceptors (Lipinski definition) is 6. The van der Waals surface area contributed by atoms with Gasteiger partial charge in [-0.15, -0.1) is 0 Å². The lowest BCUT2D eigenvalue weighted by atomic mass is 10.3. The lowest BCUT2D eigenvalue weighted by Gasteiger charge is -2.26. The van der Waals surface area contributed by atoms with Crippen molar-refractivity contribution in [2.24, 2.45) is 0 Å². The lowest BCUT2D eigenvalue weighted by molar-refractivity contribution is -0.123. The average molecular weight is 414 g/mol. The predicted molar refractivity (Wildman–Crippen MR) is 107 cm³/mol. The SMILES string of the molecule is CCCCNS(=O)(=O)c1ccc(OCC(=O)NCCCN2CCOCC2)cc1. The Balaban J connectivity index is 1.65. The molecule has 0 aliphatic carbocycles. The summed E-state index contributed by atoms with van der Waals surface area (Å²) in [6.07, 6.45) is 2.59. The number of amides is 1. The van der Waals surface area contributed by atoms with E-state index in [4.69, 9.17) is 9.47 Å². The number of carbonyl (C=O) groups is 1. The van der Waals surface area contributed by atoms with E-state index in [9.17, 15) is 13.2 Å². The molecule has 0 unspecified atom stereocenters. The molecule has 0 radical (unpaired) electrons. The topological polar surface area (TPSA) is 97.0 Å². The Hall–Kier alpha value is -1.68. The zero-order valence-corrected chi connectivity index (χ0v) is 17.3. The van der Waals surface area contributed by atoms with Crippen LogP contribution in [0.4, 0.5) is 0 Å². The van der Waals surface area contributed by atoms with Gasteiger partial charge in [0.25, 0.3) is 5.91 Å². The molecule has 0 atom stereocenters. The number of benzene rings is 1. The molecule has 1 aliphatic rings. The van der Waals surface area contributed by atoms with E-state index in [1.165, 1.54) is 12.1 Å². The summed E-state index contributed by atoms with van der Waals surface area (Å²) in [5.74, 6) is 0.260. The van der Waals surface area contributed by atoms with Gasteiger partial charge in [0.15, 0.2) is 6.61 Å². The summed E-state index contributed by atoms with van der Waals surface area (Å²) >= 11 is 0. The number of carbonyl (C=O) groups excluding carboxylic acids is 1. The average Bonchev–Trinajstić information content (AvgIpc) is 2.71. The molecular weight excluding hydrogens is 382 g/mol. The summed E-state index contributed by atoms with van der Waals surface area (Å²) < 4.78 is 37.5. The van der Waals surface area contributed by atoms with Crippen LogP contribution < -0.4 is 14.8 Å². The van der Waals surface area contributed by atoms with E-state index in [2.05, 4.69) is 14.9 Å². The van der Waals surface area contributed by atoms with Crippen molar-refractivity contribution in [2.75, 3.05) is 52.5 Å². The van der Waals surface area contributed by atoms with Crippen LogP contribution in [-0.2, 0) is 19.6 Å². The number of hydrogen-bond donors (Lipinski definition) is 2. The third-order valence-electron chi connectivity index (χ3n) is 4.40. The van der Waals surface area contributed by atoms with Crippen molar-refractivity contribution in [3.05, 3.63) is 24.3 Å². The smallest absolute Gasteiger partial charge is 0.257 e. The van der Waals surface area contributed by atoms with Crippen molar-refractivity contribution < 1.29 is 22.7 Å². The molecule has 1 aromatic carbocycles. The van der Waals surface area contributed by atoms with Gasteiger partial charge in [-0.3, -0.25) is 9.69 Å². The standard InChI is InChI=1S/C19H31N3O5S/c1-2-3-10-21-28(24,25)18-7-5-17(6-8-18)27-16-19(23)20-9-4-11-22-12-14-26-15-13-22/h5-8,21H,2-4,9-16H2,1H3,(H,20,23). The van der Waals surface area contributed by atoms with Crippen LogP contribution in [0.15, 0.2) is 29.2 Å². The predicted octanol–water partition coefficient (Wildman–Crippen LogP) is 0.982. The summed E-state index contributed by atoms with van der Waals surface area (Å²) in [5, 5.41) is 2.83. The quantitative estimate of drug-likeness (QED) is 0.496. The minimum absolute atomic E-state index is 0.0988. The first-order valence-electron chi connectivity index (χ1n) is 9.80. The highest BCUT2D eigenvalue weighted by molar-refractivity contribution is 7.89. The van der Waals surface area contributed by atoms with E-state index < -0.39 is 10.0 Å². The lowest BCUT2D eigenvalue weighted by Crippen LogP contribution is -2.38. The Morgan fingerprint density at radius 1 is 1.14 bits per heavy atom. The minimum atomic E-state index is -3.50. The fourth-order valence-electron chi connectivity index (χ4n) is 2.74. The van der Waals surface area contributed by atoms with Gasteiger partial charge in [-0.2, -0.15) is 0 Å². The Bertz CT molecular complexity index is 688. The molecule has 28 heavy (non-hydrogen) atoms. The second-order valence-corrected chi connectivity index (χ2v) is 8.44. The molecule has 158 valence electrons. The van der Waals surface area contributed by atoms with Crippen LogP contribution in [0.25, 0.3) is 0 Å². The van der Waals surface area contributed by atoms with Crippen LogP contribution in [0.5, 0.6) is 5.75 Å². The Labute approximate surface area is 167 Å². The van der Waals surface area contributed by atoms with E-state index in [1.54, 1.807) is 12.1 Å². The van der Waals surface area contributed by atoms with Crippen LogP contribution in [0.1, 0.15) is 26.2 Å². The number of unbranched alkanes of at least 4 members (excludes halogenated alkanes) is 1. The second-order valence-electron chi connectivity index (χ2n) is 6.67. The van der Waals surface area contributed by atoms with Crippen molar-refractivity contribution in [1.29, 1.82) is 0 Å². The number of nitrogens with one attached hydrogen (secondary N) is 2. The van der Waals surface area contributed by atoms with E-state index in [0.717, 1.165) is 52.1 Å². The number of rotatable bonds is 12. The van der Waals surface area contributed by atoms with Crippen LogP contribution in [0, 0.1) is 0 Å². The molecule has 2 rings (SSSR count). The molecule has 0 spiro atoms. The van der Waals surface area contributed by atoms with Gasteiger partial charge < -0.3 is 14.8 Å². The highest BCUT2D eigenvalue weighted by atomic mass is 32.2. The monoisotopic (exact) mass is 413 g/mol. The largest absolute Gasteiger partial charge is 0.484 e. The van der Waals surface area contributed by atoms with Crippen LogP contribution >= 0.6 is 0 Å². The van der Waals surface area contributed by atoms with E-state index in [1.807, 2.05) is 6.92 Å². The number of nitrogens with zero attached hydrogens (tertiary/aromatic N) is 1. The highest BCUT2D eigenvalue weighted by Gasteiger charge is 2.13. The first kappa shape index (κ1) is 22.6. The Morgan fingerprint density at radius 2 is 1.86 bits per heavy atom. The summed E-state index contributed by atoms with van der Waals surface area (Å²) in [7, 11) is -3.50. The van der Waals surface area contributed by atoms with Crippen molar-refractivity contribution >= 4 is 15.9 Å². The first-order chi connectivity index (χ1) is 13.5. The maximum absolute atomic E-state index is 12.1. The number of sulfonamides is 1. The van der Waals surface area contributed by atoms with Crippen molar-refractivity contribution in [3.63, 3.8) is 0 Å². The van der Waals surface area contributed by atoms with E-state index in [0.29, 0.717) is 18.8 Å². The Kier molecular flexibility index (Phi) is 9.69. The first-order valence-corrected chi connectivity index (χ1v) is 11.3. The molecule has 0 bridgehead atoms. The van der Waals surface area contributed by atoms with Crippen LogP contribution in [0.2, 0.25) is 0 Å². The molecule has 1 amide bonds. The van der Waals surface area contributed by atoms with Gasteiger partial charge in [-0.25, -0.2) is 13.1 Å². The third kappa shape index (κ3) is 8.14. The van der Waals surface area contributed by atoms with Gasteiger partial charge in [-0.1, -0.05) is 13.3 Å². The molecule has 1 saturated heterocycles. The molecule has 1 heterocycles. The van der Waals surface area contributed by atoms with Gasteiger partial charge >= 0.3 is 0 Å². The summed E-state index contributed by atoms with van der Waals surface area (Å²) in [5.41, 5.74) is 0. The molecule has 0 aromatic heterocycles. The molecule has 9 heteroatoms. The molecule has 1 aromatic rings. The molecule has 2 N–H and O–H groups in total. The van der Waals surface area contributed by atoms with Gasteiger partial charge in [0.2, 0.25) is 10.0 Å². The maximum Gasteiger partial charge on any atom is 0.257 e. The van der Waals surface area contributed by atoms with Gasteiger partial charge in [0.1, 0.15) is 5.75 Å². The normalized spacial score (nSPS) is 15.3. The molecule has 1 fully saturated rings. The second kappa shape index (κ2) is 12.0. The van der Waals surface area contributed by atoms with Crippen molar-refractivity contribution in [2.45, 2.75) is 31.1 Å². The highest BCUT2D eigenvalue weighted by Crippen LogP contribution is 2.15. The number of ether oxygens (including phenoxy) is 2. The van der Waals surface area contributed by atoms with E-state index in [-0.39, 0.29) is 17.4 Å². The molecular formula is C19H31N3O5S. The van der Waals surface area contributed by atoms with Crippen LogP contribution in [0.3, 0.4) is 0 Å². The molecule has 1 aliphatic heterocycles. The third-order valence-corrected chi connectivity index (χ3v) is 5.88. The summed E-state index contributed by atoms with van der Waals surface area (Å²) in [6.45, 7) is 7.28. The fourth-order valence-corrected chi connectivity index (χ4v) is 3.81. The zero-order chi connectivity index (χ0) is 20.2.